The van der Waals surface area contributed by atoms with Gasteiger partial charge >= 0.3 is 0 Å². The van der Waals surface area contributed by atoms with Crippen molar-refractivity contribution in [2.24, 2.45) is 5.73 Å². The number of nitrogens with zero attached hydrogens (tertiary/aromatic N) is 2. The second-order valence-electron chi connectivity index (χ2n) is 3.77. The molecular formula is C13H12ClN3S. The molecule has 1 aromatic heterocycles. The summed E-state index contributed by atoms with van der Waals surface area (Å²) in [5, 5.41) is 0.552. The predicted octanol–water partition coefficient (Wildman–Crippen LogP) is 3.14. The highest BCUT2D eigenvalue weighted by atomic mass is 35.5. The molecule has 1 heterocycles. The van der Waals surface area contributed by atoms with E-state index in [2.05, 4.69) is 4.98 Å². The topological polar surface area (TPSA) is 42.2 Å². The van der Waals surface area contributed by atoms with Crippen LogP contribution in [0, 0.1) is 0 Å². The number of hydrogen-bond acceptors (Lipinski definition) is 3. The Bertz CT molecular complexity index is 572. The minimum Gasteiger partial charge on any atom is -0.389 e. The highest BCUT2D eigenvalue weighted by Crippen LogP contribution is 2.30. The van der Waals surface area contributed by atoms with E-state index >= 15 is 0 Å². The first-order chi connectivity index (χ1) is 8.61. The Balaban J connectivity index is 2.52. The number of benzene rings is 1. The van der Waals surface area contributed by atoms with Gasteiger partial charge in [-0.15, -0.1) is 0 Å². The van der Waals surface area contributed by atoms with Crippen molar-refractivity contribution in [3.05, 3.63) is 53.3 Å². The third kappa shape index (κ3) is 2.44. The molecule has 5 heteroatoms. The third-order valence-corrected chi connectivity index (χ3v) is 3.15. The summed E-state index contributed by atoms with van der Waals surface area (Å²) in [6.07, 6.45) is 3.49. The normalized spacial score (nSPS) is 10.1. The zero-order valence-electron chi connectivity index (χ0n) is 9.80. The van der Waals surface area contributed by atoms with Crippen LogP contribution in [0.4, 0.5) is 11.4 Å². The van der Waals surface area contributed by atoms with Gasteiger partial charge in [0.05, 0.1) is 28.2 Å². The van der Waals surface area contributed by atoms with Crippen molar-refractivity contribution in [1.82, 2.24) is 4.98 Å². The van der Waals surface area contributed by atoms with E-state index in [9.17, 15) is 0 Å². The van der Waals surface area contributed by atoms with Gasteiger partial charge in [-0.1, -0.05) is 29.9 Å². The van der Waals surface area contributed by atoms with E-state index in [1.807, 2.05) is 36.2 Å². The summed E-state index contributed by atoms with van der Waals surface area (Å²) in [5.74, 6) is 0. The fourth-order valence-corrected chi connectivity index (χ4v) is 2.27. The van der Waals surface area contributed by atoms with Crippen LogP contribution in [-0.4, -0.2) is 17.0 Å². The Morgan fingerprint density at radius 2 is 2.11 bits per heavy atom. The van der Waals surface area contributed by atoms with Gasteiger partial charge in [0.2, 0.25) is 0 Å². The quantitative estimate of drug-likeness (QED) is 0.875. The van der Waals surface area contributed by atoms with Gasteiger partial charge in [0.25, 0.3) is 0 Å². The number of anilines is 2. The van der Waals surface area contributed by atoms with Crippen LogP contribution in [0.3, 0.4) is 0 Å². The summed E-state index contributed by atoms with van der Waals surface area (Å²) in [6.45, 7) is 0. The monoisotopic (exact) mass is 277 g/mol. The van der Waals surface area contributed by atoms with Crippen molar-refractivity contribution >= 4 is 40.2 Å². The molecule has 0 aliphatic rings. The van der Waals surface area contributed by atoms with Crippen LogP contribution in [0.5, 0.6) is 0 Å². The minimum atomic E-state index is 0.284. The van der Waals surface area contributed by atoms with E-state index in [4.69, 9.17) is 29.6 Å². The second-order valence-corrected chi connectivity index (χ2v) is 4.62. The van der Waals surface area contributed by atoms with Crippen LogP contribution in [-0.2, 0) is 0 Å². The van der Waals surface area contributed by atoms with Gasteiger partial charge < -0.3 is 10.6 Å². The molecular weight excluding hydrogens is 266 g/mol. The van der Waals surface area contributed by atoms with Crippen LogP contribution in [0.2, 0.25) is 5.02 Å². The fourth-order valence-electron chi connectivity index (χ4n) is 1.73. The minimum absolute atomic E-state index is 0.284. The molecule has 2 N–H and O–H groups in total. The van der Waals surface area contributed by atoms with Crippen LogP contribution < -0.4 is 10.6 Å². The maximum atomic E-state index is 6.15. The molecule has 18 heavy (non-hydrogen) atoms. The third-order valence-electron chi connectivity index (χ3n) is 2.63. The summed E-state index contributed by atoms with van der Waals surface area (Å²) < 4.78 is 0. The fraction of sp³-hybridized carbons (Fsp3) is 0.0769. The van der Waals surface area contributed by atoms with Crippen molar-refractivity contribution < 1.29 is 0 Å². The molecule has 0 saturated heterocycles. The summed E-state index contributed by atoms with van der Waals surface area (Å²) in [6, 6.07) is 9.39. The average molecular weight is 278 g/mol. The lowest BCUT2D eigenvalue weighted by Crippen LogP contribution is -2.18. The van der Waals surface area contributed by atoms with Gasteiger partial charge in [0.15, 0.2) is 0 Å². The second kappa shape index (κ2) is 5.33. The maximum Gasteiger partial charge on any atom is 0.107 e. The van der Waals surface area contributed by atoms with Crippen LogP contribution >= 0.6 is 23.8 Å². The summed E-state index contributed by atoms with van der Waals surface area (Å²) in [4.78, 5) is 6.32. The highest BCUT2D eigenvalue weighted by molar-refractivity contribution is 7.80. The number of halogens is 1. The molecule has 0 amide bonds. The van der Waals surface area contributed by atoms with Gasteiger partial charge in [-0.2, -0.15) is 0 Å². The van der Waals surface area contributed by atoms with Gasteiger partial charge in [-0.05, 0) is 24.3 Å². The largest absolute Gasteiger partial charge is 0.389 e. The number of hydrogen-bond donors (Lipinski definition) is 1. The molecule has 2 rings (SSSR count). The SMILES string of the molecule is CN(c1cccnc1)c1cccc(Cl)c1C(N)=S. The molecule has 2 aromatic rings. The van der Waals surface area contributed by atoms with E-state index < -0.39 is 0 Å². The molecule has 0 radical (unpaired) electrons. The molecule has 3 nitrogen and oxygen atoms in total. The van der Waals surface area contributed by atoms with Crippen molar-refractivity contribution in [2.75, 3.05) is 11.9 Å². The van der Waals surface area contributed by atoms with E-state index in [1.54, 1.807) is 18.5 Å². The molecule has 0 fully saturated rings. The first-order valence-electron chi connectivity index (χ1n) is 5.33. The standard InChI is InChI=1S/C13H12ClN3S/c1-17(9-4-3-7-16-8-9)11-6-2-5-10(14)12(11)13(15)18/h2-8H,1H3,(H2,15,18). The maximum absolute atomic E-state index is 6.15. The number of rotatable bonds is 3. The van der Waals surface area contributed by atoms with Crippen molar-refractivity contribution in [3.8, 4) is 0 Å². The van der Waals surface area contributed by atoms with Crippen LogP contribution in [0.25, 0.3) is 0 Å². The van der Waals surface area contributed by atoms with E-state index in [1.165, 1.54) is 0 Å². The van der Waals surface area contributed by atoms with E-state index in [0.29, 0.717) is 10.6 Å². The van der Waals surface area contributed by atoms with Crippen molar-refractivity contribution in [1.29, 1.82) is 0 Å². The Morgan fingerprint density at radius 1 is 1.33 bits per heavy atom. The average Bonchev–Trinajstić information content (AvgIpc) is 2.38. The molecule has 92 valence electrons. The molecule has 1 aromatic carbocycles. The number of aromatic nitrogens is 1. The summed E-state index contributed by atoms with van der Waals surface area (Å²) >= 11 is 11.2. The van der Waals surface area contributed by atoms with Gasteiger partial charge in [-0.25, -0.2) is 0 Å². The number of pyridine rings is 1. The summed E-state index contributed by atoms with van der Waals surface area (Å²) in [7, 11) is 1.92. The Labute approximate surface area is 116 Å². The molecule has 0 aliphatic carbocycles. The zero-order chi connectivity index (χ0) is 13.1. The lowest BCUT2D eigenvalue weighted by Gasteiger charge is -2.22. The Morgan fingerprint density at radius 3 is 2.72 bits per heavy atom. The van der Waals surface area contributed by atoms with Gasteiger partial charge in [-0.3, -0.25) is 4.98 Å². The zero-order valence-corrected chi connectivity index (χ0v) is 11.4. The smallest absolute Gasteiger partial charge is 0.107 e. The number of thiocarbonyl (C=S) groups is 1. The van der Waals surface area contributed by atoms with Gasteiger partial charge in [0.1, 0.15) is 4.99 Å². The molecule has 0 atom stereocenters. The van der Waals surface area contributed by atoms with Crippen molar-refractivity contribution in [2.45, 2.75) is 0 Å². The van der Waals surface area contributed by atoms with Crippen LogP contribution in [0.15, 0.2) is 42.7 Å². The lowest BCUT2D eigenvalue weighted by molar-refractivity contribution is 1.17. The molecule has 0 saturated carbocycles. The molecule has 0 aliphatic heterocycles. The Hall–Kier alpha value is -1.65. The predicted molar refractivity (Wildman–Crippen MR) is 79.6 cm³/mol. The van der Waals surface area contributed by atoms with Crippen molar-refractivity contribution in [3.63, 3.8) is 0 Å². The lowest BCUT2D eigenvalue weighted by atomic mass is 10.1. The molecule has 0 bridgehead atoms. The molecule has 0 spiro atoms. The first-order valence-corrected chi connectivity index (χ1v) is 6.12. The van der Waals surface area contributed by atoms with E-state index in [0.717, 1.165) is 11.4 Å². The number of nitrogens with two attached hydrogens (primary N) is 1. The Kier molecular flexibility index (Phi) is 3.79. The van der Waals surface area contributed by atoms with Gasteiger partial charge in [0, 0.05) is 13.2 Å². The highest BCUT2D eigenvalue weighted by Gasteiger charge is 2.14. The summed E-state index contributed by atoms with van der Waals surface area (Å²) in [5.41, 5.74) is 8.22. The molecule has 0 unspecified atom stereocenters. The first kappa shape index (κ1) is 12.8. The van der Waals surface area contributed by atoms with E-state index in [-0.39, 0.29) is 4.99 Å². The van der Waals surface area contributed by atoms with Crippen LogP contribution in [0.1, 0.15) is 5.56 Å².